The Bertz CT molecular complexity index is 451. The van der Waals surface area contributed by atoms with Crippen molar-refractivity contribution in [3.8, 4) is 11.5 Å². The molecular weight excluding hydrogens is 294 g/mol. The van der Waals surface area contributed by atoms with Crippen LogP contribution in [0.25, 0.3) is 0 Å². The van der Waals surface area contributed by atoms with Crippen LogP contribution >= 0.6 is 0 Å². The Kier molecular flexibility index (Phi) is 8.99. The van der Waals surface area contributed by atoms with Gasteiger partial charge in [0.25, 0.3) is 0 Å². The van der Waals surface area contributed by atoms with Crippen LogP contribution in [-0.2, 0) is 11.3 Å². The number of rotatable bonds is 11. The first-order valence-corrected chi connectivity index (χ1v) is 8.12. The molecule has 0 aliphatic rings. The predicted molar refractivity (Wildman–Crippen MR) is 92.2 cm³/mol. The number of aliphatic hydroxyl groups is 1. The van der Waals surface area contributed by atoms with Crippen molar-refractivity contribution in [2.45, 2.75) is 32.9 Å². The van der Waals surface area contributed by atoms with Crippen molar-refractivity contribution in [2.24, 2.45) is 5.92 Å². The van der Waals surface area contributed by atoms with E-state index in [1.54, 1.807) is 21.3 Å². The molecule has 0 heterocycles. The van der Waals surface area contributed by atoms with Crippen molar-refractivity contribution in [3.63, 3.8) is 0 Å². The zero-order valence-electron chi connectivity index (χ0n) is 15.0. The van der Waals surface area contributed by atoms with Crippen LogP contribution in [0.5, 0.6) is 11.5 Å². The summed E-state index contributed by atoms with van der Waals surface area (Å²) in [6, 6.07) is 5.94. The Morgan fingerprint density at radius 2 is 1.78 bits per heavy atom. The monoisotopic (exact) mass is 325 g/mol. The smallest absolute Gasteiger partial charge is 0.161 e. The zero-order chi connectivity index (χ0) is 17.2. The fraction of sp³-hybridized carbons (Fsp3) is 0.667. The average Bonchev–Trinajstić information content (AvgIpc) is 2.54. The number of nitrogens with zero attached hydrogens (tertiary/aromatic N) is 1. The largest absolute Gasteiger partial charge is 0.493 e. The second kappa shape index (κ2) is 10.5. The molecule has 0 fully saturated rings. The Balaban J connectivity index is 2.77. The lowest BCUT2D eigenvalue weighted by Gasteiger charge is -2.27. The highest BCUT2D eigenvalue weighted by Gasteiger charge is 2.16. The van der Waals surface area contributed by atoms with Crippen molar-refractivity contribution in [1.29, 1.82) is 0 Å². The Labute approximate surface area is 140 Å². The Morgan fingerprint density at radius 3 is 2.35 bits per heavy atom. The van der Waals surface area contributed by atoms with Gasteiger partial charge in [-0.3, -0.25) is 4.90 Å². The molecule has 5 heteroatoms. The normalized spacial score (nSPS) is 12.7. The molecule has 0 aliphatic carbocycles. The summed E-state index contributed by atoms with van der Waals surface area (Å²) in [6.07, 6.45) is 0.604. The van der Waals surface area contributed by atoms with Gasteiger partial charge in [0.15, 0.2) is 11.5 Å². The Hall–Kier alpha value is -1.30. The van der Waals surface area contributed by atoms with Crippen LogP contribution in [0.3, 0.4) is 0 Å². The summed E-state index contributed by atoms with van der Waals surface area (Å²) < 4.78 is 15.8. The zero-order valence-corrected chi connectivity index (χ0v) is 15.0. The van der Waals surface area contributed by atoms with Crippen LogP contribution in [0.1, 0.15) is 25.8 Å². The molecule has 1 atom stereocenters. The molecule has 0 radical (unpaired) electrons. The van der Waals surface area contributed by atoms with E-state index in [-0.39, 0.29) is 12.0 Å². The predicted octanol–water partition coefficient (Wildman–Crippen LogP) is 2.56. The number of hydrogen-bond acceptors (Lipinski definition) is 5. The fourth-order valence-corrected chi connectivity index (χ4v) is 2.38. The summed E-state index contributed by atoms with van der Waals surface area (Å²) >= 11 is 0. The SMILES string of the molecule is COCCCN(Cc1ccc(OC)c(OC)c1)C[C@@H](O)C(C)C. The van der Waals surface area contributed by atoms with Crippen LogP contribution in [0.2, 0.25) is 0 Å². The van der Waals surface area contributed by atoms with E-state index in [1.807, 2.05) is 32.0 Å². The van der Waals surface area contributed by atoms with Crippen molar-refractivity contribution < 1.29 is 19.3 Å². The van der Waals surface area contributed by atoms with E-state index in [0.717, 1.165) is 43.2 Å². The lowest BCUT2D eigenvalue weighted by Crippen LogP contribution is -2.35. The first-order valence-electron chi connectivity index (χ1n) is 8.12. The van der Waals surface area contributed by atoms with Crippen LogP contribution in [-0.4, -0.2) is 57.1 Å². The van der Waals surface area contributed by atoms with Gasteiger partial charge in [0.05, 0.1) is 20.3 Å². The molecule has 0 aliphatic heterocycles. The fourth-order valence-electron chi connectivity index (χ4n) is 2.38. The van der Waals surface area contributed by atoms with E-state index in [4.69, 9.17) is 14.2 Å². The molecule has 1 rings (SSSR count). The molecule has 0 spiro atoms. The van der Waals surface area contributed by atoms with Gasteiger partial charge in [-0.05, 0) is 30.0 Å². The molecule has 23 heavy (non-hydrogen) atoms. The third kappa shape index (κ3) is 6.77. The van der Waals surface area contributed by atoms with Gasteiger partial charge in [-0.25, -0.2) is 0 Å². The first kappa shape index (κ1) is 19.7. The highest BCUT2D eigenvalue weighted by molar-refractivity contribution is 5.42. The average molecular weight is 325 g/mol. The summed E-state index contributed by atoms with van der Waals surface area (Å²) in [4.78, 5) is 2.25. The molecule has 0 amide bonds. The van der Waals surface area contributed by atoms with Crippen molar-refractivity contribution >= 4 is 0 Å². The number of methoxy groups -OCH3 is 3. The third-order valence-corrected chi connectivity index (χ3v) is 3.89. The minimum absolute atomic E-state index is 0.241. The van der Waals surface area contributed by atoms with E-state index in [9.17, 15) is 5.11 Å². The molecule has 1 aromatic carbocycles. The van der Waals surface area contributed by atoms with Crippen LogP contribution < -0.4 is 9.47 Å². The van der Waals surface area contributed by atoms with Gasteiger partial charge in [-0.1, -0.05) is 19.9 Å². The van der Waals surface area contributed by atoms with E-state index in [2.05, 4.69) is 4.90 Å². The van der Waals surface area contributed by atoms with Crippen LogP contribution in [0, 0.1) is 5.92 Å². The van der Waals surface area contributed by atoms with Crippen LogP contribution in [0.4, 0.5) is 0 Å². The van der Waals surface area contributed by atoms with Crippen molar-refractivity contribution in [3.05, 3.63) is 23.8 Å². The molecule has 1 aromatic rings. The van der Waals surface area contributed by atoms with E-state index < -0.39 is 0 Å². The third-order valence-electron chi connectivity index (χ3n) is 3.89. The van der Waals surface area contributed by atoms with Crippen molar-refractivity contribution in [1.82, 2.24) is 4.90 Å². The van der Waals surface area contributed by atoms with Gasteiger partial charge in [0.2, 0.25) is 0 Å². The molecular formula is C18H31NO4. The molecule has 132 valence electrons. The second-order valence-corrected chi connectivity index (χ2v) is 6.08. The second-order valence-electron chi connectivity index (χ2n) is 6.08. The molecule has 0 aromatic heterocycles. The van der Waals surface area contributed by atoms with Crippen LogP contribution in [0.15, 0.2) is 18.2 Å². The lowest BCUT2D eigenvalue weighted by atomic mass is 10.1. The molecule has 0 saturated heterocycles. The molecule has 1 N–H and O–H groups in total. The van der Waals surface area contributed by atoms with Gasteiger partial charge in [-0.2, -0.15) is 0 Å². The molecule has 0 saturated carbocycles. The van der Waals surface area contributed by atoms with Gasteiger partial charge in [-0.15, -0.1) is 0 Å². The van der Waals surface area contributed by atoms with E-state index >= 15 is 0 Å². The summed E-state index contributed by atoms with van der Waals surface area (Å²) in [6.45, 7) is 7.08. The topological polar surface area (TPSA) is 51.2 Å². The minimum atomic E-state index is -0.335. The number of benzene rings is 1. The minimum Gasteiger partial charge on any atom is -0.493 e. The number of aliphatic hydroxyl groups excluding tert-OH is 1. The summed E-state index contributed by atoms with van der Waals surface area (Å²) in [5.74, 6) is 1.70. The maximum Gasteiger partial charge on any atom is 0.161 e. The highest BCUT2D eigenvalue weighted by atomic mass is 16.5. The summed E-state index contributed by atoms with van der Waals surface area (Å²) in [5.41, 5.74) is 1.14. The maximum atomic E-state index is 10.2. The number of hydrogen-bond donors (Lipinski definition) is 1. The number of ether oxygens (including phenoxy) is 3. The molecule has 0 unspecified atom stereocenters. The Morgan fingerprint density at radius 1 is 1.09 bits per heavy atom. The van der Waals surface area contributed by atoms with Gasteiger partial charge in [0.1, 0.15) is 0 Å². The lowest BCUT2D eigenvalue weighted by molar-refractivity contribution is 0.0683. The summed E-state index contributed by atoms with van der Waals surface area (Å²) in [5, 5.41) is 10.2. The highest BCUT2D eigenvalue weighted by Crippen LogP contribution is 2.28. The van der Waals surface area contributed by atoms with Crippen molar-refractivity contribution in [2.75, 3.05) is 41.0 Å². The summed E-state index contributed by atoms with van der Waals surface area (Å²) in [7, 11) is 4.98. The maximum absolute atomic E-state index is 10.2. The van der Waals surface area contributed by atoms with Gasteiger partial charge in [0, 0.05) is 33.4 Å². The first-order chi connectivity index (χ1) is 11.0. The van der Waals surface area contributed by atoms with E-state index in [1.165, 1.54) is 0 Å². The van der Waals surface area contributed by atoms with E-state index in [0.29, 0.717) is 6.54 Å². The molecule has 0 bridgehead atoms. The standard InChI is InChI=1S/C18H31NO4/c1-14(2)16(20)13-19(9-6-10-21-3)12-15-7-8-17(22-4)18(11-15)23-5/h7-8,11,14,16,20H,6,9-10,12-13H2,1-5H3/t16-/m1/s1. The quantitative estimate of drug-likeness (QED) is 0.634. The van der Waals surface area contributed by atoms with Gasteiger partial charge >= 0.3 is 0 Å². The van der Waals surface area contributed by atoms with Gasteiger partial charge < -0.3 is 19.3 Å². The molecule has 5 nitrogen and oxygen atoms in total.